The van der Waals surface area contributed by atoms with E-state index in [1.54, 1.807) is 32.0 Å². The molecule has 0 saturated heterocycles. The number of Topliss-reactive ketones (excluding diaryl/α,β-unsaturated/α-hetero) is 1. The number of esters is 1. The molecule has 0 radical (unpaired) electrons. The molecule has 0 unspecified atom stereocenters. The molecule has 0 fully saturated rings. The molecule has 7 heteroatoms. The average Bonchev–Trinajstić information content (AvgIpc) is 2.59. The monoisotopic (exact) mass is 374 g/mol. The molecule has 1 N–H and O–H groups in total. The van der Waals surface area contributed by atoms with Gasteiger partial charge in [0.2, 0.25) is 0 Å². The summed E-state index contributed by atoms with van der Waals surface area (Å²) < 4.78 is 19.3. The summed E-state index contributed by atoms with van der Waals surface area (Å²) in [7, 11) is 0. The second-order valence-electron chi connectivity index (χ2n) is 5.62. The van der Waals surface area contributed by atoms with Crippen LogP contribution in [0.4, 0.5) is 4.39 Å². The lowest BCUT2D eigenvalue weighted by Crippen LogP contribution is -2.28. The zero-order valence-electron chi connectivity index (χ0n) is 14.8. The number of hydrogen-bond acceptors (Lipinski definition) is 6. The molecule has 26 heavy (non-hydrogen) atoms. The number of dihydropyridines is 1. The number of carbonyl (C=O) groups excluding carboxylic acids is 2. The second-order valence-corrected chi connectivity index (χ2v) is 6.61. The number of thioether (sulfide) groups is 1. The van der Waals surface area contributed by atoms with Gasteiger partial charge in [0.25, 0.3) is 0 Å². The van der Waals surface area contributed by atoms with E-state index in [1.165, 1.54) is 13.0 Å². The van der Waals surface area contributed by atoms with Crippen molar-refractivity contribution < 1.29 is 18.7 Å². The summed E-state index contributed by atoms with van der Waals surface area (Å²) >= 11 is 1.10. The predicted octanol–water partition coefficient (Wildman–Crippen LogP) is 3.41. The molecule has 0 bridgehead atoms. The second kappa shape index (κ2) is 8.68. The third kappa shape index (κ3) is 4.14. The first-order chi connectivity index (χ1) is 12.4. The Morgan fingerprint density at radius 2 is 2.08 bits per heavy atom. The molecule has 5 nitrogen and oxygen atoms in total. The molecule has 1 atom stereocenters. The van der Waals surface area contributed by atoms with Gasteiger partial charge < -0.3 is 10.1 Å². The van der Waals surface area contributed by atoms with Crippen LogP contribution in [-0.2, 0) is 14.3 Å². The highest BCUT2D eigenvalue weighted by molar-refractivity contribution is 8.03. The molecule has 1 aliphatic rings. The minimum Gasteiger partial charge on any atom is -0.465 e. The van der Waals surface area contributed by atoms with Gasteiger partial charge in [0.05, 0.1) is 34.9 Å². The molecular formula is C19H19FN2O3S. The summed E-state index contributed by atoms with van der Waals surface area (Å²) in [6.45, 7) is 5.06. The smallest absolute Gasteiger partial charge is 0.316 e. The van der Waals surface area contributed by atoms with E-state index in [0.717, 1.165) is 11.8 Å². The number of allylic oxidation sites excluding steroid dienone is 3. The van der Waals surface area contributed by atoms with Gasteiger partial charge in [-0.15, -0.1) is 0 Å². The van der Waals surface area contributed by atoms with E-state index in [1.807, 2.05) is 0 Å². The highest BCUT2D eigenvalue weighted by Gasteiger charge is 2.34. The molecule has 2 rings (SSSR count). The largest absolute Gasteiger partial charge is 0.465 e. The number of carbonyl (C=O) groups is 2. The Balaban J connectivity index is 2.51. The predicted molar refractivity (Wildman–Crippen MR) is 97.4 cm³/mol. The van der Waals surface area contributed by atoms with Crippen molar-refractivity contribution in [3.05, 3.63) is 57.5 Å². The summed E-state index contributed by atoms with van der Waals surface area (Å²) in [6.07, 6.45) is 0. The third-order valence-corrected chi connectivity index (χ3v) is 4.87. The number of halogens is 1. The van der Waals surface area contributed by atoms with Crippen molar-refractivity contribution in [1.29, 1.82) is 5.26 Å². The van der Waals surface area contributed by atoms with Crippen molar-refractivity contribution in [2.45, 2.75) is 26.7 Å². The van der Waals surface area contributed by atoms with Crippen LogP contribution in [0.25, 0.3) is 0 Å². The van der Waals surface area contributed by atoms with Crippen molar-refractivity contribution in [1.82, 2.24) is 5.32 Å². The maximum atomic E-state index is 14.4. The van der Waals surface area contributed by atoms with Crippen LogP contribution in [0.15, 0.2) is 46.1 Å². The zero-order valence-corrected chi connectivity index (χ0v) is 15.6. The van der Waals surface area contributed by atoms with Crippen LogP contribution < -0.4 is 5.32 Å². The van der Waals surface area contributed by atoms with Gasteiger partial charge >= 0.3 is 5.97 Å². The number of nitriles is 1. The Bertz CT molecular complexity index is 839. The Morgan fingerprint density at radius 3 is 2.65 bits per heavy atom. The number of nitrogens with zero attached hydrogens (tertiary/aromatic N) is 1. The summed E-state index contributed by atoms with van der Waals surface area (Å²) in [4.78, 5) is 23.8. The number of benzene rings is 1. The lowest BCUT2D eigenvalue weighted by Gasteiger charge is -2.29. The molecule has 1 heterocycles. The van der Waals surface area contributed by atoms with Gasteiger partial charge in [-0.05, 0) is 26.8 Å². The van der Waals surface area contributed by atoms with Gasteiger partial charge in [-0.25, -0.2) is 4.39 Å². The molecule has 136 valence electrons. The molecule has 1 aromatic carbocycles. The van der Waals surface area contributed by atoms with Gasteiger partial charge in [0.15, 0.2) is 5.78 Å². The van der Waals surface area contributed by atoms with Gasteiger partial charge in [-0.1, -0.05) is 30.0 Å². The molecule has 0 aliphatic carbocycles. The number of ketones is 1. The topological polar surface area (TPSA) is 79.2 Å². The van der Waals surface area contributed by atoms with Crippen molar-refractivity contribution in [2.75, 3.05) is 12.4 Å². The van der Waals surface area contributed by atoms with Crippen LogP contribution in [0.5, 0.6) is 0 Å². The fourth-order valence-corrected chi connectivity index (χ4v) is 3.74. The lowest BCUT2D eigenvalue weighted by molar-refractivity contribution is -0.139. The normalized spacial score (nSPS) is 16.8. The van der Waals surface area contributed by atoms with Crippen molar-refractivity contribution >= 4 is 23.5 Å². The summed E-state index contributed by atoms with van der Waals surface area (Å²) in [5, 5.41) is 13.1. The SMILES string of the molecule is CCOC(=O)CSC1=C(C#N)[C@@H](c2ccccc2F)C(C(C)=O)=C(C)N1. The standard InChI is InChI=1S/C19H19FN2O3S/c1-4-25-16(24)10-26-19-14(9-21)18(13-7-5-6-8-15(13)20)17(12(3)23)11(2)22-19/h5-8,18,22H,4,10H2,1-3H3/t18-/m1/s1. The Hall–Kier alpha value is -2.59. The van der Waals surface area contributed by atoms with Crippen LogP contribution in [0.1, 0.15) is 32.3 Å². The number of rotatable bonds is 6. The van der Waals surface area contributed by atoms with Gasteiger partial charge in [0, 0.05) is 16.8 Å². The summed E-state index contributed by atoms with van der Waals surface area (Å²) in [5.41, 5.74) is 1.34. The van der Waals surface area contributed by atoms with Crippen LogP contribution >= 0.6 is 11.8 Å². The fraction of sp³-hybridized carbons (Fsp3) is 0.316. The average molecular weight is 374 g/mol. The highest BCUT2D eigenvalue weighted by atomic mass is 32.2. The lowest BCUT2D eigenvalue weighted by atomic mass is 9.81. The summed E-state index contributed by atoms with van der Waals surface area (Å²) in [5.74, 6) is -1.96. The van der Waals surface area contributed by atoms with Crippen molar-refractivity contribution in [2.24, 2.45) is 0 Å². The Labute approximate surface area is 155 Å². The van der Waals surface area contributed by atoms with E-state index in [4.69, 9.17) is 4.74 Å². The molecule has 0 amide bonds. The van der Waals surface area contributed by atoms with E-state index in [9.17, 15) is 19.2 Å². The van der Waals surface area contributed by atoms with E-state index in [2.05, 4.69) is 11.4 Å². The van der Waals surface area contributed by atoms with Gasteiger partial charge in [-0.2, -0.15) is 5.26 Å². The molecule has 0 aromatic heterocycles. The summed E-state index contributed by atoms with van der Waals surface area (Å²) in [6, 6.07) is 8.15. The molecular weight excluding hydrogens is 355 g/mol. The van der Waals surface area contributed by atoms with Crippen LogP contribution in [0, 0.1) is 17.1 Å². The molecule has 1 aromatic rings. The number of hydrogen-bond donors (Lipinski definition) is 1. The quantitative estimate of drug-likeness (QED) is 0.769. The molecule has 0 spiro atoms. The highest BCUT2D eigenvalue weighted by Crippen LogP contribution is 2.41. The van der Waals surface area contributed by atoms with E-state index < -0.39 is 17.7 Å². The van der Waals surface area contributed by atoms with E-state index >= 15 is 0 Å². The first kappa shape index (κ1) is 19.7. The first-order valence-corrected chi connectivity index (χ1v) is 9.05. The fourth-order valence-electron chi connectivity index (χ4n) is 2.85. The minimum atomic E-state index is -0.815. The van der Waals surface area contributed by atoms with Gasteiger partial charge in [0.1, 0.15) is 5.82 Å². The van der Waals surface area contributed by atoms with Gasteiger partial charge in [-0.3, -0.25) is 9.59 Å². The van der Waals surface area contributed by atoms with Crippen LogP contribution in [0.3, 0.4) is 0 Å². The first-order valence-electron chi connectivity index (χ1n) is 8.06. The van der Waals surface area contributed by atoms with Crippen molar-refractivity contribution in [3.8, 4) is 6.07 Å². The third-order valence-electron chi connectivity index (χ3n) is 3.88. The van der Waals surface area contributed by atoms with Crippen LogP contribution in [0.2, 0.25) is 0 Å². The minimum absolute atomic E-state index is 0.00797. The van der Waals surface area contributed by atoms with Crippen LogP contribution in [-0.4, -0.2) is 24.1 Å². The zero-order chi connectivity index (χ0) is 19.3. The maximum Gasteiger partial charge on any atom is 0.316 e. The Kier molecular flexibility index (Phi) is 6.58. The molecule has 0 saturated carbocycles. The number of ether oxygens (including phenoxy) is 1. The van der Waals surface area contributed by atoms with Crippen molar-refractivity contribution in [3.63, 3.8) is 0 Å². The van der Waals surface area contributed by atoms with E-state index in [-0.39, 0.29) is 29.3 Å². The van der Waals surface area contributed by atoms with E-state index in [0.29, 0.717) is 16.3 Å². The Morgan fingerprint density at radius 1 is 1.38 bits per heavy atom. The maximum absolute atomic E-state index is 14.4. The molecule has 1 aliphatic heterocycles. The number of nitrogens with one attached hydrogen (secondary N) is 1.